The Bertz CT molecular complexity index is 1130. The zero-order chi connectivity index (χ0) is 22.9. The second-order valence-electron chi connectivity index (χ2n) is 8.40. The average Bonchev–Trinajstić information content (AvgIpc) is 2.79. The number of ether oxygens (including phenoxy) is 1. The number of aliphatic hydroxyl groups excluding tert-OH is 1. The Hall–Kier alpha value is -3.64. The number of para-hydroxylation sites is 1. The number of hydrogen-bond donors (Lipinski definition) is 2. The van der Waals surface area contributed by atoms with Crippen LogP contribution in [0.5, 0.6) is 5.75 Å². The number of carbonyl (C=O) groups excluding carboxylic acids is 1. The number of fused-ring (bicyclic) bond motifs is 1. The van der Waals surface area contributed by atoms with Crippen molar-refractivity contribution >= 4 is 17.4 Å². The summed E-state index contributed by atoms with van der Waals surface area (Å²) in [7, 11) is 0. The van der Waals surface area contributed by atoms with Gasteiger partial charge in [-0.3, -0.25) is 9.59 Å². The van der Waals surface area contributed by atoms with Crippen molar-refractivity contribution in [2.45, 2.75) is 31.6 Å². The van der Waals surface area contributed by atoms with Crippen LogP contribution in [0.25, 0.3) is 0 Å². The van der Waals surface area contributed by atoms with Crippen molar-refractivity contribution in [2.24, 2.45) is 0 Å². The molecule has 0 saturated carbocycles. The number of anilines is 1. The van der Waals surface area contributed by atoms with Gasteiger partial charge in [0.05, 0.1) is 6.04 Å². The predicted octanol–water partition coefficient (Wildman–Crippen LogP) is 4.08. The quantitative estimate of drug-likeness (QED) is 0.572. The summed E-state index contributed by atoms with van der Waals surface area (Å²) in [4.78, 5) is 26.5. The molecule has 164 valence electrons. The van der Waals surface area contributed by atoms with Crippen LogP contribution in [0.15, 0.2) is 78.9 Å². The van der Waals surface area contributed by atoms with Crippen LogP contribution in [-0.2, 0) is 4.79 Å². The minimum absolute atomic E-state index is 0.157. The van der Waals surface area contributed by atoms with Crippen LogP contribution in [0, 0.1) is 0 Å². The highest BCUT2D eigenvalue weighted by atomic mass is 16.5. The molecule has 0 saturated heterocycles. The van der Waals surface area contributed by atoms with E-state index in [9.17, 15) is 19.8 Å². The fourth-order valence-corrected chi connectivity index (χ4v) is 4.12. The average molecular weight is 431 g/mol. The Morgan fingerprint density at radius 2 is 1.56 bits per heavy atom. The van der Waals surface area contributed by atoms with Crippen LogP contribution < -0.4 is 9.64 Å². The number of ketones is 1. The molecule has 1 aliphatic heterocycles. The summed E-state index contributed by atoms with van der Waals surface area (Å²) >= 11 is 0. The Balaban J connectivity index is 1.85. The van der Waals surface area contributed by atoms with Crippen molar-refractivity contribution in [1.29, 1.82) is 0 Å². The lowest BCUT2D eigenvalue weighted by atomic mass is 9.84. The number of nitrogens with zero attached hydrogens (tertiary/aromatic N) is 1. The van der Waals surface area contributed by atoms with E-state index in [1.54, 1.807) is 73.3 Å². The lowest BCUT2D eigenvalue weighted by molar-refractivity contribution is -0.135. The number of rotatable bonds is 6. The van der Waals surface area contributed by atoms with Crippen molar-refractivity contribution in [2.75, 3.05) is 11.4 Å². The van der Waals surface area contributed by atoms with Gasteiger partial charge in [-0.25, -0.2) is 0 Å². The van der Waals surface area contributed by atoms with Crippen LogP contribution in [0.4, 0.5) is 5.69 Å². The minimum atomic E-state index is -1.04. The fourth-order valence-electron chi connectivity index (χ4n) is 4.12. The molecule has 2 unspecified atom stereocenters. The molecule has 3 aromatic rings. The summed E-state index contributed by atoms with van der Waals surface area (Å²) < 4.78 is 6.06. The Labute approximate surface area is 186 Å². The van der Waals surface area contributed by atoms with E-state index in [1.165, 1.54) is 0 Å². The molecule has 6 heteroatoms. The number of aliphatic hydroxyl groups is 1. The van der Waals surface area contributed by atoms with Gasteiger partial charge < -0.3 is 19.8 Å². The highest BCUT2D eigenvalue weighted by Crippen LogP contribution is 2.44. The van der Waals surface area contributed by atoms with Crippen LogP contribution in [0.3, 0.4) is 0 Å². The lowest BCUT2D eigenvalue weighted by Crippen LogP contribution is -2.54. The van der Waals surface area contributed by atoms with Gasteiger partial charge in [0, 0.05) is 22.4 Å². The summed E-state index contributed by atoms with van der Waals surface area (Å²) in [6.45, 7) is 3.21. The topological polar surface area (TPSA) is 87.1 Å². The molecule has 1 aliphatic rings. The Morgan fingerprint density at radius 1 is 0.938 bits per heavy atom. The number of carboxylic acid groups (broad SMARTS) is 1. The van der Waals surface area contributed by atoms with E-state index in [-0.39, 0.29) is 12.3 Å². The number of carbonyl (C=O) groups is 2. The molecule has 6 nitrogen and oxygen atoms in total. The smallest absolute Gasteiger partial charge is 0.323 e. The van der Waals surface area contributed by atoms with E-state index in [1.807, 2.05) is 24.3 Å². The molecule has 0 amide bonds. The first kappa shape index (κ1) is 21.6. The summed E-state index contributed by atoms with van der Waals surface area (Å²) in [5.41, 5.74) is 1.26. The van der Waals surface area contributed by atoms with Crippen LogP contribution in [-0.4, -0.2) is 40.2 Å². The third-order valence-electron chi connectivity index (χ3n) is 5.74. The number of carboxylic acids is 1. The molecular formula is C26H25NO5. The van der Waals surface area contributed by atoms with Crippen molar-refractivity contribution < 1.29 is 24.5 Å². The SMILES string of the molecule is CC1(C)Oc2ccc(C(=O)c3ccccc3)cc2C(N(CC(=O)O)c2ccccc2)C1O. The van der Waals surface area contributed by atoms with Gasteiger partial charge in [0.2, 0.25) is 0 Å². The van der Waals surface area contributed by atoms with Crippen LogP contribution in [0.1, 0.15) is 41.4 Å². The molecule has 0 aromatic heterocycles. The molecule has 2 N–H and O–H groups in total. The van der Waals surface area contributed by atoms with E-state index in [2.05, 4.69) is 0 Å². The predicted molar refractivity (Wildman–Crippen MR) is 121 cm³/mol. The summed E-state index contributed by atoms with van der Waals surface area (Å²) in [5, 5.41) is 20.9. The Kier molecular flexibility index (Phi) is 5.72. The zero-order valence-corrected chi connectivity index (χ0v) is 17.9. The maximum Gasteiger partial charge on any atom is 0.323 e. The van der Waals surface area contributed by atoms with Crippen molar-refractivity contribution in [3.05, 3.63) is 95.6 Å². The standard InChI is InChI=1S/C26H25NO5/c1-26(2)25(31)23(27(16-22(28)29)19-11-7-4-8-12-19)20-15-18(13-14-21(20)32-26)24(30)17-9-5-3-6-10-17/h3-15,23,25,31H,16H2,1-2H3,(H,28,29). The fraction of sp³-hybridized carbons (Fsp3) is 0.231. The molecule has 4 rings (SSSR count). The summed E-state index contributed by atoms with van der Waals surface area (Å²) in [5.74, 6) is -0.666. The van der Waals surface area contributed by atoms with Gasteiger partial charge in [0.1, 0.15) is 24.0 Å². The monoisotopic (exact) mass is 431 g/mol. The van der Waals surface area contributed by atoms with Gasteiger partial charge in [-0.1, -0.05) is 48.5 Å². The molecule has 0 aliphatic carbocycles. The first-order valence-corrected chi connectivity index (χ1v) is 10.4. The molecule has 2 atom stereocenters. The maximum absolute atomic E-state index is 13.1. The third-order valence-corrected chi connectivity index (χ3v) is 5.74. The van der Waals surface area contributed by atoms with Crippen molar-refractivity contribution in [1.82, 2.24) is 0 Å². The van der Waals surface area contributed by atoms with Gasteiger partial charge in [-0.15, -0.1) is 0 Å². The van der Waals surface area contributed by atoms with E-state index in [4.69, 9.17) is 4.74 Å². The first-order chi connectivity index (χ1) is 15.3. The third kappa shape index (κ3) is 4.09. The second-order valence-corrected chi connectivity index (χ2v) is 8.40. The van der Waals surface area contributed by atoms with Gasteiger partial charge in [0.15, 0.2) is 5.78 Å². The number of aliphatic carboxylic acids is 1. The number of benzene rings is 3. The van der Waals surface area contributed by atoms with Gasteiger partial charge in [-0.05, 0) is 44.2 Å². The van der Waals surface area contributed by atoms with Crippen LogP contribution in [0.2, 0.25) is 0 Å². The highest BCUT2D eigenvalue weighted by Gasteiger charge is 2.46. The molecule has 0 spiro atoms. The molecule has 0 radical (unpaired) electrons. The molecule has 32 heavy (non-hydrogen) atoms. The molecule has 0 fully saturated rings. The van der Waals surface area contributed by atoms with Crippen molar-refractivity contribution in [3.63, 3.8) is 0 Å². The normalized spacial score (nSPS) is 18.8. The van der Waals surface area contributed by atoms with E-state index in [0.29, 0.717) is 28.1 Å². The van der Waals surface area contributed by atoms with Crippen molar-refractivity contribution in [3.8, 4) is 5.75 Å². The summed E-state index contributed by atoms with van der Waals surface area (Å²) in [6, 6.07) is 22.4. The van der Waals surface area contributed by atoms with E-state index >= 15 is 0 Å². The van der Waals surface area contributed by atoms with E-state index < -0.39 is 23.7 Å². The molecular weight excluding hydrogens is 406 g/mol. The molecule has 3 aromatic carbocycles. The maximum atomic E-state index is 13.1. The van der Waals surface area contributed by atoms with E-state index in [0.717, 1.165) is 0 Å². The molecule has 1 heterocycles. The Morgan fingerprint density at radius 3 is 2.19 bits per heavy atom. The minimum Gasteiger partial charge on any atom is -0.485 e. The number of hydrogen-bond acceptors (Lipinski definition) is 5. The van der Waals surface area contributed by atoms with Gasteiger partial charge >= 0.3 is 5.97 Å². The largest absolute Gasteiger partial charge is 0.485 e. The zero-order valence-electron chi connectivity index (χ0n) is 17.9. The first-order valence-electron chi connectivity index (χ1n) is 10.4. The van der Waals surface area contributed by atoms with Gasteiger partial charge in [-0.2, -0.15) is 0 Å². The van der Waals surface area contributed by atoms with Crippen LogP contribution >= 0.6 is 0 Å². The lowest BCUT2D eigenvalue weighted by Gasteiger charge is -2.46. The summed E-state index contributed by atoms with van der Waals surface area (Å²) in [6.07, 6.45) is -1.04. The highest BCUT2D eigenvalue weighted by molar-refractivity contribution is 6.09. The molecule has 0 bridgehead atoms. The van der Waals surface area contributed by atoms with Gasteiger partial charge in [0.25, 0.3) is 0 Å². The second kappa shape index (κ2) is 8.48.